The zero-order chi connectivity index (χ0) is 10.3. The van der Waals surface area contributed by atoms with Gasteiger partial charge in [0, 0.05) is 17.1 Å². The Labute approximate surface area is 93.8 Å². The molecule has 0 spiro atoms. The molecule has 0 aliphatic carbocycles. The summed E-state index contributed by atoms with van der Waals surface area (Å²) in [6.07, 6.45) is 1.15. The van der Waals surface area contributed by atoms with Gasteiger partial charge in [-0.3, -0.25) is 0 Å². The maximum absolute atomic E-state index is 3.43. The standard InChI is InChI=1S/C13H13NS/c1-9-10(6-8-15-9)11-3-2-4-13-12(11)5-7-14-13/h2-4,6,8,14H,5,7H2,1H3. The summed E-state index contributed by atoms with van der Waals surface area (Å²) in [5, 5.41) is 5.60. The molecule has 1 aliphatic heterocycles. The third-order valence-corrected chi connectivity index (χ3v) is 3.86. The van der Waals surface area contributed by atoms with Gasteiger partial charge in [-0.2, -0.15) is 0 Å². The van der Waals surface area contributed by atoms with E-state index < -0.39 is 0 Å². The maximum Gasteiger partial charge on any atom is 0.0379 e. The molecule has 0 fully saturated rings. The lowest BCUT2D eigenvalue weighted by atomic mass is 9.99. The monoisotopic (exact) mass is 215 g/mol. The summed E-state index contributed by atoms with van der Waals surface area (Å²) in [6, 6.07) is 8.78. The predicted octanol–water partition coefficient (Wildman–Crippen LogP) is 3.69. The van der Waals surface area contributed by atoms with E-state index in [1.54, 1.807) is 0 Å². The van der Waals surface area contributed by atoms with E-state index in [1.165, 1.54) is 27.3 Å². The lowest BCUT2D eigenvalue weighted by Gasteiger charge is -2.07. The number of hydrogen-bond acceptors (Lipinski definition) is 2. The summed E-state index contributed by atoms with van der Waals surface area (Å²) in [6.45, 7) is 3.28. The van der Waals surface area contributed by atoms with Crippen LogP contribution in [-0.4, -0.2) is 6.54 Å². The molecule has 0 saturated carbocycles. The van der Waals surface area contributed by atoms with E-state index in [-0.39, 0.29) is 0 Å². The molecule has 2 heterocycles. The van der Waals surface area contributed by atoms with Crippen molar-refractivity contribution in [2.45, 2.75) is 13.3 Å². The first-order valence-electron chi connectivity index (χ1n) is 5.26. The highest BCUT2D eigenvalue weighted by atomic mass is 32.1. The first-order chi connectivity index (χ1) is 7.36. The molecule has 3 rings (SSSR count). The second-order valence-electron chi connectivity index (χ2n) is 3.90. The number of thiophene rings is 1. The molecule has 1 aliphatic rings. The molecule has 0 amide bonds. The molecule has 0 unspecified atom stereocenters. The van der Waals surface area contributed by atoms with Crippen molar-refractivity contribution in [3.63, 3.8) is 0 Å². The van der Waals surface area contributed by atoms with Crippen LogP contribution in [0.15, 0.2) is 29.6 Å². The molecule has 1 nitrogen and oxygen atoms in total. The summed E-state index contributed by atoms with van der Waals surface area (Å²) >= 11 is 1.82. The van der Waals surface area contributed by atoms with E-state index in [1.807, 2.05) is 11.3 Å². The summed E-state index contributed by atoms with van der Waals surface area (Å²) in [5.74, 6) is 0. The number of benzene rings is 1. The smallest absolute Gasteiger partial charge is 0.0379 e. The molecule has 15 heavy (non-hydrogen) atoms. The third kappa shape index (κ3) is 1.37. The SMILES string of the molecule is Cc1sccc1-c1cccc2c1CCN2. The predicted molar refractivity (Wildman–Crippen MR) is 66.7 cm³/mol. The molecule has 2 aromatic rings. The van der Waals surface area contributed by atoms with Gasteiger partial charge in [0.05, 0.1) is 0 Å². The number of fused-ring (bicyclic) bond motifs is 1. The Balaban J connectivity index is 2.21. The minimum atomic E-state index is 1.08. The van der Waals surface area contributed by atoms with Crippen LogP contribution < -0.4 is 5.32 Å². The van der Waals surface area contributed by atoms with E-state index in [0.717, 1.165) is 13.0 Å². The third-order valence-electron chi connectivity index (χ3n) is 3.02. The Morgan fingerprint density at radius 3 is 2.93 bits per heavy atom. The van der Waals surface area contributed by atoms with E-state index in [9.17, 15) is 0 Å². The molecular weight excluding hydrogens is 202 g/mol. The second-order valence-corrected chi connectivity index (χ2v) is 5.02. The summed E-state index contributed by atoms with van der Waals surface area (Å²) in [5.41, 5.74) is 5.62. The van der Waals surface area contributed by atoms with Gasteiger partial charge < -0.3 is 5.32 Å². The fourth-order valence-corrected chi connectivity index (χ4v) is 2.97. The van der Waals surface area contributed by atoms with Crippen LogP contribution >= 0.6 is 11.3 Å². The first kappa shape index (κ1) is 8.98. The highest BCUT2D eigenvalue weighted by molar-refractivity contribution is 7.10. The van der Waals surface area contributed by atoms with Crippen LogP contribution in [-0.2, 0) is 6.42 Å². The maximum atomic E-state index is 3.43. The summed E-state index contributed by atoms with van der Waals surface area (Å²) in [4.78, 5) is 1.41. The molecule has 0 bridgehead atoms. The largest absolute Gasteiger partial charge is 0.384 e. The Bertz CT molecular complexity index is 499. The van der Waals surface area contributed by atoms with Crippen LogP contribution in [0.4, 0.5) is 5.69 Å². The van der Waals surface area contributed by atoms with E-state index in [2.05, 4.69) is 41.9 Å². The molecular formula is C13H13NS. The van der Waals surface area contributed by atoms with Gasteiger partial charge in [0.25, 0.3) is 0 Å². The van der Waals surface area contributed by atoms with Gasteiger partial charge in [-0.15, -0.1) is 11.3 Å². The summed E-state index contributed by atoms with van der Waals surface area (Å²) in [7, 11) is 0. The molecule has 1 aromatic heterocycles. The van der Waals surface area contributed by atoms with Crippen molar-refractivity contribution < 1.29 is 0 Å². The minimum absolute atomic E-state index is 1.08. The molecule has 1 N–H and O–H groups in total. The zero-order valence-electron chi connectivity index (χ0n) is 8.71. The van der Waals surface area contributed by atoms with Crippen molar-refractivity contribution in [3.8, 4) is 11.1 Å². The van der Waals surface area contributed by atoms with E-state index in [4.69, 9.17) is 0 Å². The fourth-order valence-electron chi connectivity index (χ4n) is 2.26. The van der Waals surface area contributed by atoms with E-state index >= 15 is 0 Å². The normalized spacial score (nSPS) is 13.7. The number of nitrogens with one attached hydrogen (secondary N) is 1. The Hall–Kier alpha value is -1.28. The lowest BCUT2D eigenvalue weighted by Crippen LogP contribution is -1.90. The van der Waals surface area contributed by atoms with Crippen LogP contribution in [0.2, 0.25) is 0 Å². The number of hydrogen-bond donors (Lipinski definition) is 1. The van der Waals surface area contributed by atoms with Crippen molar-refractivity contribution in [2.24, 2.45) is 0 Å². The van der Waals surface area contributed by atoms with E-state index in [0.29, 0.717) is 0 Å². The Morgan fingerprint density at radius 1 is 1.20 bits per heavy atom. The average molecular weight is 215 g/mol. The fraction of sp³-hybridized carbons (Fsp3) is 0.231. The quantitative estimate of drug-likeness (QED) is 0.765. The van der Waals surface area contributed by atoms with Crippen LogP contribution in [0.3, 0.4) is 0 Å². The average Bonchev–Trinajstić information content (AvgIpc) is 2.85. The molecule has 0 radical (unpaired) electrons. The minimum Gasteiger partial charge on any atom is -0.384 e. The zero-order valence-corrected chi connectivity index (χ0v) is 9.53. The second kappa shape index (κ2) is 3.38. The number of anilines is 1. The topological polar surface area (TPSA) is 12.0 Å². The van der Waals surface area contributed by atoms with Crippen molar-refractivity contribution in [1.82, 2.24) is 0 Å². The number of aryl methyl sites for hydroxylation is 1. The first-order valence-corrected chi connectivity index (χ1v) is 6.14. The molecule has 1 aromatic carbocycles. The summed E-state index contributed by atoms with van der Waals surface area (Å²) < 4.78 is 0. The van der Waals surface area contributed by atoms with Gasteiger partial charge in [0.1, 0.15) is 0 Å². The Kier molecular flexibility index (Phi) is 2.03. The van der Waals surface area contributed by atoms with Gasteiger partial charge in [0.15, 0.2) is 0 Å². The van der Waals surface area contributed by atoms with Crippen molar-refractivity contribution in [1.29, 1.82) is 0 Å². The number of rotatable bonds is 1. The van der Waals surface area contributed by atoms with Gasteiger partial charge in [-0.25, -0.2) is 0 Å². The van der Waals surface area contributed by atoms with Crippen molar-refractivity contribution >= 4 is 17.0 Å². The molecule has 2 heteroatoms. The lowest BCUT2D eigenvalue weighted by molar-refractivity contribution is 1.11. The highest BCUT2D eigenvalue weighted by Crippen LogP contribution is 2.35. The van der Waals surface area contributed by atoms with Crippen LogP contribution in [0.25, 0.3) is 11.1 Å². The molecule has 0 saturated heterocycles. The van der Waals surface area contributed by atoms with Gasteiger partial charge in [0.2, 0.25) is 0 Å². The van der Waals surface area contributed by atoms with Crippen LogP contribution in [0, 0.1) is 6.92 Å². The molecule has 76 valence electrons. The van der Waals surface area contributed by atoms with Crippen LogP contribution in [0.5, 0.6) is 0 Å². The van der Waals surface area contributed by atoms with Gasteiger partial charge >= 0.3 is 0 Å². The Morgan fingerprint density at radius 2 is 2.13 bits per heavy atom. The van der Waals surface area contributed by atoms with Crippen molar-refractivity contribution in [3.05, 3.63) is 40.1 Å². The van der Waals surface area contributed by atoms with Crippen molar-refractivity contribution in [2.75, 3.05) is 11.9 Å². The van der Waals surface area contributed by atoms with Gasteiger partial charge in [-0.05, 0) is 47.5 Å². The molecule has 0 atom stereocenters. The highest BCUT2D eigenvalue weighted by Gasteiger charge is 2.15. The van der Waals surface area contributed by atoms with Gasteiger partial charge in [-0.1, -0.05) is 12.1 Å². The van der Waals surface area contributed by atoms with Crippen LogP contribution in [0.1, 0.15) is 10.4 Å².